The highest BCUT2D eigenvalue weighted by atomic mass is 32.2. The molecule has 0 bridgehead atoms. The minimum atomic E-state index is -3.26. The molecule has 1 aromatic rings. The van der Waals surface area contributed by atoms with E-state index in [1.54, 1.807) is 0 Å². The van der Waals surface area contributed by atoms with Gasteiger partial charge in [0.1, 0.15) is 0 Å². The summed E-state index contributed by atoms with van der Waals surface area (Å²) in [5, 5.41) is 3.07. The van der Waals surface area contributed by atoms with Crippen molar-refractivity contribution in [2.45, 2.75) is 50.4 Å². The van der Waals surface area contributed by atoms with Gasteiger partial charge in [-0.25, -0.2) is 13.1 Å². The number of nitrogens with one attached hydrogen (secondary N) is 2. The fourth-order valence-electron chi connectivity index (χ4n) is 2.67. The molecule has 2 N–H and O–H groups in total. The summed E-state index contributed by atoms with van der Waals surface area (Å²) in [7, 11) is -1.36. The molecule has 2 rings (SSSR count). The van der Waals surface area contributed by atoms with Gasteiger partial charge in [-0.05, 0) is 43.9 Å². The molecule has 112 valence electrons. The molecule has 5 heteroatoms. The summed E-state index contributed by atoms with van der Waals surface area (Å²) < 4.78 is 27.4. The monoisotopic (exact) mass is 296 g/mol. The smallest absolute Gasteiger partial charge is 0.216 e. The molecule has 0 aliphatic heterocycles. The topological polar surface area (TPSA) is 58.2 Å². The third-order valence-corrected chi connectivity index (χ3v) is 5.58. The first-order valence-corrected chi connectivity index (χ1v) is 8.88. The highest BCUT2D eigenvalue weighted by Gasteiger charge is 2.38. The van der Waals surface area contributed by atoms with E-state index in [0.717, 1.165) is 43.4 Å². The largest absolute Gasteiger partial charge is 0.316 e. The maximum absolute atomic E-state index is 12.3. The van der Waals surface area contributed by atoms with Crippen molar-refractivity contribution in [3.8, 4) is 0 Å². The molecule has 0 radical (unpaired) electrons. The second-order valence-electron chi connectivity index (χ2n) is 5.70. The van der Waals surface area contributed by atoms with E-state index in [-0.39, 0.29) is 11.3 Å². The maximum Gasteiger partial charge on any atom is 0.216 e. The van der Waals surface area contributed by atoms with Gasteiger partial charge in [-0.15, -0.1) is 0 Å². The molecule has 0 saturated heterocycles. The second kappa shape index (κ2) is 6.24. The minimum Gasteiger partial charge on any atom is -0.316 e. The molecule has 0 unspecified atom stereocenters. The molecule has 1 aliphatic carbocycles. The number of rotatable bonds is 7. The van der Waals surface area contributed by atoms with Gasteiger partial charge in [0.05, 0.1) is 5.75 Å². The summed E-state index contributed by atoms with van der Waals surface area (Å²) in [6.07, 6.45) is 3.91. The first-order valence-electron chi connectivity index (χ1n) is 7.23. The molecule has 1 aromatic carbocycles. The van der Waals surface area contributed by atoms with Crippen molar-refractivity contribution in [3.05, 3.63) is 35.4 Å². The van der Waals surface area contributed by atoms with Gasteiger partial charge in [-0.2, -0.15) is 0 Å². The van der Waals surface area contributed by atoms with Gasteiger partial charge < -0.3 is 5.32 Å². The van der Waals surface area contributed by atoms with Crippen molar-refractivity contribution in [3.63, 3.8) is 0 Å². The van der Waals surface area contributed by atoms with Crippen LogP contribution in [0.15, 0.2) is 24.3 Å². The fourth-order valence-corrected chi connectivity index (χ4v) is 4.39. The third kappa shape index (κ3) is 3.81. The van der Waals surface area contributed by atoms with Gasteiger partial charge >= 0.3 is 0 Å². The van der Waals surface area contributed by atoms with E-state index in [4.69, 9.17) is 0 Å². The predicted octanol–water partition coefficient (Wildman–Crippen LogP) is 2.16. The zero-order valence-corrected chi connectivity index (χ0v) is 13.1. The number of hydrogen-bond acceptors (Lipinski definition) is 3. The Morgan fingerprint density at radius 2 is 1.75 bits per heavy atom. The Kier molecular flexibility index (Phi) is 4.83. The van der Waals surface area contributed by atoms with E-state index in [1.165, 1.54) is 0 Å². The third-order valence-electron chi connectivity index (χ3n) is 4.12. The Hall–Kier alpha value is -0.910. The molecule has 0 atom stereocenters. The zero-order valence-electron chi connectivity index (χ0n) is 12.3. The van der Waals surface area contributed by atoms with Gasteiger partial charge in [0.15, 0.2) is 0 Å². The molecule has 20 heavy (non-hydrogen) atoms. The average Bonchev–Trinajstić information content (AvgIpc) is 2.36. The summed E-state index contributed by atoms with van der Waals surface area (Å²) >= 11 is 0. The van der Waals surface area contributed by atoms with Gasteiger partial charge in [0.2, 0.25) is 10.0 Å². The number of hydrogen-bond donors (Lipinski definition) is 2. The van der Waals surface area contributed by atoms with Crippen LogP contribution in [0.25, 0.3) is 0 Å². The molecular weight excluding hydrogens is 272 g/mol. The lowest BCUT2D eigenvalue weighted by atomic mass is 9.76. The summed E-state index contributed by atoms with van der Waals surface area (Å²) in [5.41, 5.74) is 1.82. The molecule has 1 fully saturated rings. The van der Waals surface area contributed by atoms with Crippen LogP contribution >= 0.6 is 0 Å². The minimum absolute atomic E-state index is 0.0641. The lowest BCUT2D eigenvalue weighted by molar-refractivity contribution is 0.213. The summed E-state index contributed by atoms with van der Waals surface area (Å²) in [6, 6.07) is 7.73. The highest BCUT2D eigenvalue weighted by molar-refractivity contribution is 7.88. The van der Waals surface area contributed by atoms with Crippen molar-refractivity contribution in [2.75, 3.05) is 7.05 Å². The van der Waals surface area contributed by atoms with Crippen LogP contribution in [0.5, 0.6) is 0 Å². The van der Waals surface area contributed by atoms with Gasteiger partial charge in [0.25, 0.3) is 0 Å². The van der Waals surface area contributed by atoms with Crippen molar-refractivity contribution in [1.82, 2.24) is 10.0 Å². The van der Waals surface area contributed by atoms with E-state index in [0.29, 0.717) is 0 Å². The van der Waals surface area contributed by atoms with Crippen LogP contribution in [-0.4, -0.2) is 21.0 Å². The second-order valence-corrected chi connectivity index (χ2v) is 7.42. The van der Waals surface area contributed by atoms with Crippen LogP contribution in [-0.2, 0) is 22.3 Å². The fraction of sp³-hybridized carbons (Fsp3) is 0.600. The first kappa shape index (κ1) is 15.5. The summed E-state index contributed by atoms with van der Waals surface area (Å²) in [5.74, 6) is 0.0641. The Balaban J connectivity index is 2.00. The lowest BCUT2D eigenvalue weighted by Gasteiger charge is -2.41. The number of sulfonamides is 1. The molecular formula is C15H24N2O2S. The lowest BCUT2D eigenvalue weighted by Crippen LogP contribution is -2.53. The van der Waals surface area contributed by atoms with Gasteiger partial charge in [-0.1, -0.05) is 31.2 Å². The number of benzene rings is 1. The Bertz CT molecular complexity index is 528. The first-order chi connectivity index (χ1) is 9.49. The van der Waals surface area contributed by atoms with Crippen molar-refractivity contribution >= 4 is 10.0 Å². The highest BCUT2D eigenvalue weighted by Crippen LogP contribution is 2.35. The Labute approximate surface area is 122 Å². The molecule has 4 nitrogen and oxygen atoms in total. The summed E-state index contributed by atoms with van der Waals surface area (Å²) in [4.78, 5) is 0. The average molecular weight is 296 g/mol. The Morgan fingerprint density at radius 1 is 1.15 bits per heavy atom. The molecule has 1 aliphatic rings. The van der Waals surface area contributed by atoms with Crippen LogP contribution in [0.3, 0.4) is 0 Å². The normalized spacial score (nSPS) is 17.7. The van der Waals surface area contributed by atoms with Crippen LogP contribution in [0.2, 0.25) is 0 Å². The van der Waals surface area contributed by atoms with E-state index in [1.807, 2.05) is 38.2 Å². The standard InChI is InChI=1S/C15H24N2O2S/c1-3-15(9-4-10-15)17-20(18,19)12-14-7-5-13(6-8-14)11-16-2/h5-8,16-17H,3-4,9-12H2,1-2H3. The van der Waals surface area contributed by atoms with Gasteiger partial charge in [0, 0.05) is 12.1 Å². The molecule has 0 aromatic heterocycles. The van der Waals surface area contributed by atoms with Crippen molar-refractivity contribution < 1.29 is 8.42 Å². The zero-order chi connectivity index (χ0) is 14.6. The Morgan fingerprint density at radius 3 is 2.20 bits per heavy atom. The van der Waals surface area contributed by atoms with Gasteiger partial charge in [-0.3, -0.25) is 0 Å². The van der Waals surface area contributed by atoms with Crippen LogP contribution in [0, 0.1) is 0 Å². The summed E-state index contributed by atoms with van der Waals surface area (Å²) in [6.45, 7) is 2.85. The van der Waals surface area contributed by atoms with Crippen LogP contribution in [0.4, 0.5) is 0 Å². The van der Waals surface area contributed by atoms with Crippen LogP contribution < -0.4 is 10.0 Å². The maximum atomic E-state index is 12.3. The molecule has 1 saturated carbocycles. The van der Waals surface area contributed by atoms with Crippen molar-refractivity contribution in [1.29, 1.82) is 0 Å². The predicted molar refractivity (Wildman–Crippen MR) is 81.8 cm³/mol. The molecule has 0 amide bonds. The van der Waals surface area contributed by atoms with E-state index in [9.17, 15) is 8.42 Å². The van der Waals surface area contributed by atoms with E-state index < -0.39 is 10.0 Å². The van der Waals surface area contributed by atoms with Crippen molar-refractivity contribution in [2.24, 2.45) is 0 Å². The molecule has 0 spiro atoms. The van der Waals surface area contributed by atoms with E-state index in [2.05, 4.69) is 10.0 Å². The van der Waals surface area contributed by atoms with Crippen LogP contribution in [0.1, 0.15) is 43.7 Å². The molecule has 0 heterocycles. The van der Waals surface area contributed by atoms with E-state index >= 15 is 0 Å². The SMILES string of the molecule is CCC1(NS(=O)(=O)Cc2ccc(CNC)cc2)CCC1. The quantitative estimate of drug-likeness (QED) is 0.810.